The molecule has 2 unspecified atom stereocenters. The summed E-state index contributed by atoms with van der Waals surface area (Å²) in [7, 11) is 0. The normalized spacial score (nSPS) is 23.7. The Kier molecular flexibility index (Phi) is 3.38. The predicted octanol–water partition coefficient (Wildman–Crippen LogP) is 2.03. The van der Waals surface area contributed by atoms with Crippen molar-refractivity contribution in [3.8, 4) is 0 Å². The van der Waals surface area contributed by atoms with Gasteiger partial charge >= 0.3 is 0 Å². The first-order chi connectivity index (χ1) is 8.09. The topological polar surface area (TPSA) is 55.1 Å². The van der Waals surface area contributed by atoms with Crippen molar-refractivity contribution in [3.05, 3.63) is 29.8 Å². The average molecular weight is 240 g/mol. The molecule has 17 heavy (non-hydrogen) atoms. The summed E-state index contributed by atoms with van der Waals surface area (Å²) in [5, 5.41) is 2.39. The van der Waals surface area contributed by atoms with Gasteiger partial charge in [0.1, 0.15) is 0 Å². The van der Waals surface area contributed by atoms with E-state index in [1.807, 2.05) is 0 Å². The number of nitrogens with two attached hydrogens (primary N) is 1. The van der Waals surface area contributed by atoms with E-state index in [0.717, 1.165) is 18.9 Å². The lowest BCUT2D eigenvalue weighted by atomic mass is 10.0. The Morgan fingerprint density at radius 3 is 2.76 bits per heavy atom. The van der Waals surface area contributed by atoms with E-state index in [9.17, 15) is 13.6 Å². The highest BCUT2D eigenvalue weighted by Crippen LogP contribution is 2.26. The molecule has 1 fully saturated rings. The number of benzene rings is 1. The molecule has 92 valence electrons. The molecule has 2 atom stereocenters. The monoisotopic (exact) mass is 240 g/mol. The summed E-state index contributed by atoms with van der Waals surface area (Å²) in [6.07, 6.45) is 2.39. The first-order valence-corrected chi connectivity index (χ1v) is 5.60. The fourth-order valence-electron chi connectivity index (χ4n) is 2.14. The van der Waals surface area contributed by atoms with Gasteiger partial charge in [0.05, 0.1) is 11.6 Å². The van der Waals surface area contributed by atoms with E-state index in [0.29, 0.717) is 6.42 Å². The first kappa shape index (κ1) is 12.0. The standard InChI is InChI=1S/C12H14F2N2O/c13-8-4-2-6-10(11(8)14)16-12(17)7-3-1-5-9(7)15/h2,4,6-7,9H,1,3,5,15H2,(H,16,17). The molecule has 5 heteroatoms. The molecule has 0 radical (unpaired) electrons. The molecule has 1 amide bonds. The van der Waals surface area contributed by atoms with Crippen LogP contribution in [0.4, 0.5) is 14.5 Å². The van der Waals surface area contributed by atoms with Crippen LogP contribution < -0.4 is 11.1 Å². The molecule has 1 aliphatic carbocycles. The highest BCUT2D eigenvalue weighted by atomic mass is 19.2. The van der Waals surface area contributed by atoms with Crippen molar-refractivity contribution in [2.24, 2.45) is 11.7 Å². The van der Waals surface area contributed by atoms with Crippen LogP contribution in [0.15, 0.2) is 18.2 Å². The van der Waals surface area contributed by atoms with Crippen LogP contribution in [-0.4, -0.2) is 11.9 Å². The van der Waals surface area contributed by atoms with Crippen LogP contribution in [0.25, 0.3) is 0 Å². The van der Waals surface area contributed by atoms with Gasteiger partial charge in [-0.25, -0.2) is 8.78 Å². The Morgan fingerprint density at radius 1 is 1.35 bits per heavy atom. The van der Waals surface area contributed by atoms with Crippen molar-refractivity contribution in [1.29, 1.82) is 0 Å². The van der Waals surface area contributed by atoms with Gasteiger partial charge in [-0.1, -0.05) is 12.5 Å². The summed E-state index contributed by atoms with van der Waals surface area (Å²) < 4.78 is 26.3. The molecule has 3 N–H and O–H groups in total. The zero-order valence-corrected chi connectivity index (χ0v) is 9.25. The van der Waals surface area contributed by atoms with E-state index in [-0.39, 0.29) is 23.6 Å². The van der Waals surface area contributed by atoms with Crippen LogP contribution in [0, 0.1) is 17.6 Å². The van der Waals surface area contributed by atoms with Crippen molar-refractivity contribution in [2.75, 3.05) is 5.32 Å². The zero-order valence-electron chi connectivity index (χ0n) is 9.25. The third-order valence-corrected chi connectivity index (χ3v) is 3.12. The van der Waals surface area contributed by atoms with Gasteiger partial charge in [-0.15, -0.1) is 0 Å². The van der Waals surface area contributed by atoms with Crippen LogP contribution in [0.5, 0.6) is 0 Å². The van der Waals surface area contributed by atoms with Crippen LogP contribution in [-0.2, 0) is 4.79 Å². The number of nitrogens with one attached hydrogen (secondary N) is 1. The molecule has 0 aliphatic heterocycles. The molecule has 1 aromatic carbocycles. The molecule has 0 bridgehead atoms. The number of rotatable bonds is 2. The second kappa shape index (κ2) is 4.79. The summed E-state index contributed by atoms with van der Waals surface area (Å²) in [5.74, 6) is -2.65. The quantitative estimate of drug-likeness (QED) is 0.831. The van der Waals surface area contributed by atoms with Crippen molar-refractivity contribution in [2.45, 2.75) is 25.3 Å². The summed E-state index contributed by atoms with van der Waals surface area (Å²) >= 11 is 0. The molecule has 1 aliphatic rings. The Bertz CT molecular complexity index is 437. The van der Waals surface area contributed by atoms with Gasteiger partial charge in [0.25, 0.3) is 0 Å². The molecule has 0 heterocycles. The summed E-state index contributed by atoms with van der Waals surface area (Å²) in [6.45, 7) is 0. The summed E-state index contributed by atoms with van der Waals surface area (Å²) in [4.78, 5) is 11.8. The van der Waals surface area contributed by atoms with Crippen molar-refractivity contribution in [1.82, 2.24) is 0 Å². The highest BCUT2D eigenvalue weighted by Gasteiger charge is 2.30. The fourth-order valence-corrected chi connectivity index (χ4v) is 2.14. The second-order valence-electron chi connectivity index (χ2n) is 4.29. The maximum absolute atomic E-state index is 13.3. The largest absolute Gasteiger partial charge is 0.327 e. The maximum Gasteiger partial charge on any atom is 0.229 e. The van der Waals surface area contributed by atoms with Crippen LogP contribution in [0.3, 0.4) is 0 Å². The average Bonchev–Trinajstić information content (AvgIpc) is 2.71. The molecule has 1 aromatic rings. The molecular weight excluding hydrogens is 226 g/mol. The lowest BCUT2D eigenvalue weighted by molar-refractivity contribution is -0.120. The number of hydrogen-bond donors (Lipinski definition) is 2. The Labute approximate surface area is 98.0 Å². The van der Waals surface area contributed by atoms with E-state index in [4.69, 9.17) is 5.73 Å². The molecule has 0 saturated heterocycles. The molecule has 1 saturated carbocycles. The van der Waals surface area contributed by atoms with Crippen molar-refractivity contribution in [3.63, 3.8) is 0 Å². The third kappa shape index (κ3) is 2.44. The van der Waals surface area contributed by atoms with Gasteiger partial charge in [0.2, 0.25) is 5.91 Å². The Hall–Kier alpha value is -1.49. The van der Waals surface area contributed by atoms with E-state index >= 15 is 0 Å². The molecule has 0 spiro atoms. The van der Waals surface area contributed by atoms with Gasteiger partial charge in [0, 0.05) is 6.04 Å². The fraction of sp³-hybridized carbons (Fsp3) is 0.417. The smallest absolute Gasteiger partial charge is 0.229 e. The summed E-state index contributed by atoms with van der Waals surface area (Å²) in [5.41, 5.74) is 5.64. The van der Waals surface area contributed by atoms with Crippen molar-refractivity contribution < 1.29 is 13.6 Å². The van der Waals surface area contributed by atoms with E-state index in [2.05, 4.69) is 5.32 Å². The number of halogens is 2. The lowest BCUT2D eigenvalue weighted by Crippen LogP contribution is -2.34. The van der Waals surface area contributed by atoms with Crippen LogP contribution in [0.2, 0.25) is 0 Å². The van der Waals surface area contributed by atoms with Gasteiger partial charge in [-0.2, -0.15) is 0 Å². The number of carbonyl (C=O) groups is 1. The lowest BCUT2D eigenvalue weighted by Gasteiger charge is -2.15. The molecule has 2 rings (SSSR count). The zero-order chi connectivity index (χ0) is 12.4. The first-order valence-electron chi connectivity index (χ1n) is 5.60. The van der Waals surface area contributed by atoms with Crippen LogP contribution in [0.1, 0.15) is 19.3 Å². The van der Waals surface area contributed by atoms with E-state index in [1.54, 1.807) is 0 Å². The minimum atomic E-state index is -1.03. The second-order valence-corrected chi connectivity index (χ2v) is 4.29. The number of hydrogen-bond acceptors (Lipinski definition) is 2. The number of anilines is 1. The third-order valence-electron chi connectivity index (χ3n) is 3.12. The summed E-state index contributed by atoms with van der Waals surface area (Å²) in [6, 6.07) is 3.50. The predicted molar refractivity (Wildman–Crippen MR) is 60.3 cm³/mol. The SMILES string of the molecule is NC1CCCC1C(=O)Nc1cccc(F)c1F. The maximum atomic E-state index is 13.3. The van der Waals surface area contributed by atoms with Gasteiger partial charge in [0.15, 0.2) is 11.6 Å². The minimum Gasteiger partial charge on any atom is -0.327 e. The number of amides is 1. The van der Waals surface area contributed by atoms with E-state index < -0.39 is 11.6 Å². The Balaban J connectivity index is 2.10. The Morgan fingerprint density at radius 2 is 2.12 bits per heavy atom. The van der Waals surface area contributed by atoms with Gasteiger partial charge < -0.3 is 11.1 Å². The molecule has 3 nitrogen and oxygen atoms in total. The van der Waals surface area contributed by atoms with Gasteiger partial charge in [-0.05, 0) is 25.0 Å². The number of carbonyl (C=O) groups excluding carboxylic acids is 1. The highest BCUT2D eigenvalue weighted by molar-refractivity contribution is 5.93. The molecular formula is C12H14F2N2O. The molecule has 0 aromatic heterocycles. The van der Waals surface area contributed by atoms with Crippen LogP contribution >= 0.6 is 0 Å². The van der Waals surface area contributed by atoms with Crippen molar-refractivity contribution >= 4 is 11.6 Å². The minimum absolute atomic E-state index is 0.130. The van der Waals surface area contributed by atoms with E-state index in [1.165, 1.54) is 12.1 Å². The van der Waals surface area contributed by atoms with Gasteiger partial charge in [-0.3, -0.25) is 4.79 Å².